The molecule has 0 aliphatic rings. The highest BCUT2D eigenvalue weighted by atomic mass is 16.5. The lowest BCUT2D eigenvalue weighted by atomic mass is 10.1. The molecule has 2 aromatic carbocycles. The molecule has 0 fully saturated rings. The van der Waals surface area contributed by atoms with Crippen LogP contribution in [0.4, 0.5) is 5.69 Å². The van der Waals surface area contributed by atoms with Crippen LogP contribution in [0.1, 0.15) is 27.2 Å². The van der Waals surface area contributed by atoms with Crippen LogP contribution in [0.2, 0.25) is 0 Å². The Labute approximate surface area is 174 Å². The molecule has 0 aliphatic heterocycles. The summed E-state index contributed by atoms with van der Waals surface area (Å²) in [5.74, 6) is 0.544. The van der Waals surface area contributed by atoms with Gasteiger partial charge in [0, 0.05) is 24.3 Å². The molecule has 0 atom stereocenters. The summed E-state index contributed by atoms with van der Waals surface area (Å²) in [5, 5.41) is 11.4. The molecular weight excluding hydrogens is 378 g/mol. The Morgan fingerprint density at radius 3 is 2.77 bits per heavy atom. The third kappa shape index (κ3) is 4.75. The minimum Gasteiger partial charge on any atom is -0.471 e. The van der Waals surface area contributed by atoms with Crippen LogP contribution >= 0.6 is 0 Å². The van der Waals surface area contributed by atoms with Crippen LogP contribution in [-0.4, -0.2) is 25.5 Å². The Kier molecular flexibility index (Phi) is 5.61. The molecule has 4 rings (SSSR count). The second-order valence-corrected chi connectivity index (χ2v) is 7.14. The number of benzene rings is 2. The normalized spacial score (nSPS) is 10.7. The van der Waals surface area contributed by atoms with E-state index in [1.54, 1.807) is 23.1 Å². The quantitative estimate of drug-likeness (QED) is 0.507. The fourth-order valence-corrected chi connectivity index (χ4v) is 3.08. The van der Waals surface area contributed by atoms with Gasteiger partial charge in [0.25, 0.3) is 5.91 Å². The van der Waals surface area contributed by atoms with Crippen molar-refractivity contribution in [2.24, 2.45) is 0 Å². The number of carbonyl (C=O) groups is 1. The Bertz CT molecular complexity index is 1150. The van der Waals surface area contributed by atoms with Crippen LogP contribution in [0.3, 0.4) is 0 Å². The Balaban J connectivity index is 1.38. The Hall–Kier alpha value is -3.87. The topological polar surface area (TPSA) is 74.0 Å². The number of ether oxygens (including phenoxy) is 1. The van der Waals surface area contributed by atoms with Gasteiger partial charge in [-0.15, -0.1) is 0 Å². The molecule has 1 amide bonds. The van der Waals surface area contributed by atoms with Gasteiger partial charge in [0.1, 0.15) is 5.75 Å². The first-order chi connectivity index (χ1) is 14.6. The van der Waals surface area contributed by atoms with Crippen molar-refractivity contribution < 1.29 is 9.53 Å². The maximum absolute atomic E-state index is 12.6. The average molecular weight is 401 g/mol. The van der Waals surface area contributed by atoms with Gasteiger partial charge in [-0.1, -0.05) is 24.3 Å². The molecule has 2 heterocycles. The van der Waals surface area contributed by atoms with Crippen molar-refractivity contribution in [1.29, 1.82) is 0 Å². The lowest BCUT2D eigenvalue weighted by molar-refractivity contribution is 0.102. The van der Waals surface area contributed by atoms with Gasteiger partial charge in [-0.2, -0.15) is 10.2 Å². The molecular formula is C23H23N5O2. The van der Waals surface area contributed by atoms with E-state index in [1.807, 2.05) is 73.3 Å². The Morgan fingerprint density at radius 2 is 1.93 bits per heavy atom. The first kappa shape index (κ1) is 19.4. The van der Waals surface area contributed by atoms with Gasteiger partial charge in [-0.25, -0.2) is 4.68 Å². The lowest BCUT2D eigenvalue weighted by Gasteiger charge is -2.10. The molecule has 7 nitrogen and oxygen atoms in total. The van der Waals surface area contributed by atoms with Crippen LogP contribution in [0.5, 0.6) is 5.75 Å². The fraction of sp³-hybridized carbons (Fsp3) is 0.174. The molecule has 0 unspecified atom stereocenters. The number of carbonyl (C=O) groups excluding carboxylic acids is 1. The van der Waals surface area contributed by atoms with E-state index >= 15 is 0 Å². The molecule has 152 valence electrons. The third-order valence-electron chi connectivity index (χ3n) is 4.66. The van der Waals surface area contributed by atoms with E-state index in [0.29, 0.717) is 17.9 Å². The summed E-state index contributed by atoms with van der Waals surface area (Å²) in [6, 6.07) is 17.3. The first-order valence-electron chi connectivity index (χ1n) is 9.68. The summed E-state index contributed by atoms with van der Waals surface area (Å²) in [6.45, 7) is 4.89. The number of aromatic nitrogens is 4. The lowest BCUT2D eigenvalue weighted by Crippen LogP contribution is -2.14. The van der Waals surface area contributed by atoms with Crippen molar-refractivity contribution in [3.63, 3.8) is 0 Å². The maximum atomic E-state index is 12.6. The van der Waals surface area contributed by atoms with E-state index in [4.69, 9.17) is 4.74 Å². The van der Waals surface area contributed by atoms with Gasteiger partial charge in [0.05, 0.1) is 6.54 Å². The zero-order valence-electron chi connectivity index (χ0n) is 16.9. The van der Waals surface area contributed by atoms with Gasteiger partial charge in [0.2, 0.25) is 0 Å². The average Bonchev–Trinajstić information content (AvgIpc) is 3.41. The van der Waals surface area contributed by atoms with E-state index < -0.39 is 0 Å². The smallest absolute Gasteiger partial charge is 0.276 e. The SMILES string of the molecule is Cc1ccc(C)c(OCn2ccc(C(=O)Nc3cccc(Cn4cccn4)c3)n2)c1. The summed E-state index contributed by atoms with van der Waals surface area (Å²) >= 11 is 0. The van der Waals surface area contributed by atoms with E-state index in [1.165, 1.54) is 0 Å². The number of rotatable bonds is 7. The molecule has 4 aromatic rings. The van der Waals surface area contributed by atoms with Gasteiger partial charge in [-0.05, 0) is 60.9 Å². The molecule has 0 spiro atoms. The third-order valence-corrected chi connectivity index (χ3v) is 4.66. The molecule has 0 radical (unpaired) electrons. The zero-order valence-corrected chi connectivity index (χ0v) is 16.9. The van der Waals surface area contributed by atoms with Crippen LogP contribution in [0, 0.1) is 13.8 Å². The highest BCUT2D eigenvalue weighted by molar-refractivity contribution is 6.02. The summed E-state index contributed by atoms with van der Waals surface area (Å²) in [6.07, 6.45) is 5.37. The molecule has 0 aliphatic carbocycles. The molecule has 0 saturated heterocycles. The Morgan fingerprint density at radius 1 is 1.03 bits per heavy atom. The molecule has 0 bridgehead atoms. The molecule has 2 aromatic heterocycles. The summed E-state index contributed by atoms with van der Waals surface area (Å²) < 4.78 is 9.28. The fourth-order valence-electron chi connectivity index (χ4n) is 3.08. The standard InChI is InChI=1S/C23H23N5O2/c1-17-7-8-18(2)22(13-17)30-16-28-12-9-21(26-28)23(29)25-20-6-3-5-19(14-20)15-27-11-4-10-24-27/h3-14H,15-16H2,1-2H3,(H,25,29). The number of hydrogen-bond acceptors (Lipinski definition) is 4. The van der Waals surface area contributed by atoms with Crippen molar-refractivity contribution in [3.05, 3.63) is 95.6 Å². The predicted octanol–water partition coefficient (Wildman–Crippen LogP) is 4.03. The number of nitrogens with zero attached hydrogens (tertiary/aromatic N) is 4. The molecule has 30 heavy (non-hydrogen) atoms. The highest BCUT2D eigenvalue weighted by Gasteiger charge is 2.11. The van der Waals surface area contributed by atoms with Crippen molar-refractivity contribution in [3.8, 4) is 5.75 Å². The molecule has 1 N–H and O–H groups in total. The second-order valence-electron chi connectivity index (χ2n) is 7.14. The number of hydrogen-bond donors (Lipinski definition) is 1. The predicted molar refractivity (Wildman–Crippen MR) is 114 cm³/mol. The van der Waals surface area contributed by atoms with Crippen molar-refractivity contribution in [2.45, 2.75) is 27.1 Å². The van der Waals surface area contributed by atoms with Crippen molar-refractivity contribution in [2.75, 3.05) is 5.32 Å². The zero-order chi connectivity index (χ0) is 20.9. The van der Waals surface area contributed by atoms with Gasteiger partial charge >= 0.3 is 0 Å². The minimum atomic E-state index is -0.267. The van der Waals surface area contributed by atoms with Gasteiger partial charge < -0.3 is 10.1 Å². The molecule has 0 saturated carbocycles. The number of anilines is 1. The van der Waals surface area contributed by atoms with Gasteiger partial charge in [0.15, 0.2) is 12.4 Å². The summed E-state index contributed by atoms with van der Waals surface area (Å²) in [4.78, 5) is 12.6. The van der Waals surface area contributed by atoms with E-state index in [-0.39, 0.29) is 12.6 Å². The number of amides is 1. The van der Waals surface area contributed by atoms with Crippen LogP contribution in [0.15, 0.2) is 73.2 Å². The van der Waals surface area contributed by atoms with Crippen LogP contribution in [-0.2, 0) is 13.3 Å². The molecule has 7 heteroatoms. The highest BCUT2D eigenvalue weighted by Crippen LogP contribution is 2.19. The van der Waals surface area contributed by atoms with Crippen LogP contribution in [0.25, 0.3) is 0 Å². The number of aryl methyl sites for hydroxylation is 2. The second kappa shape index (κ2) is 8.65. The first-order valence-corrected chi connectivity index (χ1v) is 9.68. The van der Waals surface area contributed by atoms with E-state index in [0.717, 1.165) is 22.4 Å². The number of nitrogens with one attached hydrogen (secondary N) is 1. The van der Waals surface area contributed by atoms with Crippen molar-refractivity contribution in [1.82, 2.24) is 19.6 Å². The summed E-state index contributed by atoms with van der Waals surface area (Å²) in [5.41, 5.74) is 4.28. The summed E-state index contributed by atoms with van der Waals surface area (Å²) in [7, 11) is 0. The monoisotopic (exact) mass is 401 g/mol. The van der Waals surface area contributed by atoms with Crippen molar-refractivity contribution >= 4 is 11.6 Å². The van der Waals surface area contributed by atoms with Gasteiger partial charge in [-0.3, -0.25) is 9.48 Å². The minimum absolute atomic E-state index is 0.233. The van der Waals surface area contributed by atoms with E-state index in [9.17, 15) is 4.79 Å². The maximum Gasteiger partial charge on any atom is 0.276 e. The van der Waals surface area contributed by atoms with Crippen LogP contribution < -0.4 is 10.1 Å². The van der Waals surface area contributed by atoms with E-state index in [2.05, 4.69) is 15.5 Å². The largest absolute Gasteiger partial charge is 0.471 e.